The van der Waals surface area contributed by atoms with Crippen molar-refractivity contribution >= 4 is 11.8 Å². The van der Waals surface area contributed by atoms with Gasteiger partial charge in [-0.15, -0.1) is 0 Å². The fraction of sp³-hybridized carbons (Fsp3) is 0. The van der Waals surface area contributed by atoms with E-state index >= 15 is 0 Å². The number of halogens is 4. The topological polar surface area (TPSA) is 42.3 Å². The lowest BCUT2D eigenvalue weighted by Gasteiger charge is -1.97. The lowest BCUT2D eigenvalue weighted by atomic mass is 10.4. The zero-order valence-electron chi connectivity index (χ0n) is 5.81. The molecule has 1 aromatic rings. The van der Waals surface area contributed by atoms with Gasteiger partial charge >= 0.3 is 0 Å². The van der Waals surface area contributed by atoms with Crippen LogP contribution < -0.4 is 0 Å². The van der Waals surface area contributed by atoms with Crippen LogP contribution in [0.1, 0.15) is 0 Å². The fourth-order valence-electron chi connectivity index (χ4n) is 0.620. The molecule has 13 heavy (non-hydrogen) atoms. The summed E-state index contributed by atoms with van der Waals surface area (Å²) in [7, 11) is 0. The average Bonchev–Trinajstić information content (AvgIpc) is 2.09. The van der Waals surface area contributed by atoms with Crippen molar-refractivity contribution in [2.75, 3.05) is 0 Å². The standard InChI is InChI=1S/C6F4N2O/c7-2-4(11-1-13)3(8)6(10)12-5(2)9. The van der Waals surface area contributed by atoms with E-state index in [1.807, 2.05) is 0 Å². The second-order valence-corrected chi connectivity index (χ2v) is 1.87. The molecule has 68 valence electrons. The third-order valence-corrected chi connectivity index (χ3v) is 1.13. The Hall–Kier alpha value is -1.75. The number of carbonyl (C=O) groups excluding carboxylic acids is 1. The van der Waals surface area contributed by atoms with Crippen LogP contribution in [0.15, 0.2) is 4.99 Å². The molecule has 0 aliphatic rings. The highest BCUT2D eigenvalue weighted by atomic mass is 19.2. The lowest BCUT2D eigenvalue weighted by molar-refractivity contribution is 0.410. The van der Waals surface area contributed by atoms with Crippen LogP contribution in [0, 0.1) is 23.5 Å². The van der Waals surface area contributed by atoms with Crippen molar-refractivity contribution in [2.24, 2.45) is 4.99 Å². The van der Waals surface area contributed by atoms with Crippen molar-refractivity contribution in [3.63, 3.8) is 0 Å². The second-order valence-electron chi connectivity index (χ2n) is 1.87. The molecule has 0 atom stereocenters. The van der Waals surface area contributed by atoms with Gasteiger partial charge in [0.1, 0.15) is 0 Å². The predicted octanol–water partition coefficient (Wildman–Crippen LogP) is 1.61. The quantitative estimate of drug-likeness (QED) is 0.293. The number of isocyanates is 1. The van der Waals surface area contributed by atoms with E-state index in [1.165, 1.54) is 0 Å². The van der Waals surface area contributed by atoms with Gasteiger partial charge in [0.2, 0.25) is 17.7 Å². The minimum absolute atomic E-state index is 0.754. The normalized spacial score (nSPS) is 9.54. The fourth-order valence-corrected chi connectivity index (χ4v) is 0.620. The van der Waals surface area contributed by atoms with E-state index in [0.717, 1.165) is 6.08 Å². The lowest BCUT2D eigenvalue weighted by Crippen LogP contribution is -1.98. The Labute approximate surface area is 68.7 Å². The van der Waals surface area contributed by atoms with Crippen molar-refractivity contribution in [3.8, 4) is 0 Å². The molecule has 0 N–H and O–H groups in total. The van der Waals surface area contributed by atoms with E-state index < -0.39 is 29.2 Å². The molecule has 0 bridgehead atoms. The van der Waals surface area contributed by atoms with Gasteiger partial charge in [-0.3, -0.25) is 0 Å². The number of hydrogen-bond acceptors (Lipinski definition) is 3. The molecule has 0 saturated heterocycles. The first-order valence-electron chi connectivity index (χ1n) is 2.85. The smallest absolute Gasteiger partial charge is 0.211 e. The summed E-state index contributed by atoms with van der Waals surface area (Å²) in [4.78, 5) is 14.3. The summed E-state index contributed by atoms with van der Waals surface area (Å²) in [6.45, 7) is 0. The summed E-state index contributed by atoms with van der Waals surface area (Å²) in [5.41, 5.74) is -1.37. The van der Waals surface area contributed by atoms with E-state index in [9.17, 15) is 22.4 Å². The van der Waals surface area contributed by atoms with Gasteiger partial charge in [-0.2, -0.15) is 27.5 Å². The van der Waals surface area contributed by atoms with Gasteiger partial charge in [-0.1, -0.05) is 0 Å². The minimum Gasteiger partial charge on any atom is -0.211 e. The first-order chi connectivity index (χ1) is 6.07. The van der Waals surface area contributed by atoms with E-state index in [-0.39, 0.29) is 0 Å². The first-order valence-corrected chi connectivity index (χ1v) is 2.85. The van der Waals surface area contributed by atoms with Crippen LogP contribution in [0.3, 0.4) is 0 Å². The molecule has 0 radical (unpaired) electrons. The molecule has 1 heterocycles. The van der Waals surface area contributed by atoms with E-state index in [0.29, 0.717) is 0 Å². The maximum absolute atomic E-state index is 12.5. The predicted molar refractivity (Wildman–Crippen MR) is 31.9 cm³/mol. The number of nitrogens with zero attached hydrogens (tertiary/aromatic N) is 2. The Kier molecular flexibility index (Phi) is 2.39. The largest absolute Gasteiger partial charge is 0.254 e. The van der Waals surface area contributed by atoms with Gasteiger partial charge in [0.25, 0.3) is 11.9 Å². The number of rotatable bonds is 1. The molecule has 0 fully saturated rings. The summed E-state index contributed by atoms with van der Waals surface area (Å²) < 4.78 is 49.5. The third kappa shape index (κ3) is 1.54. The summed E-state index contributed by atoms with van der Waals surface area (Å²) in [5.74, 6) is -7.40. The van der Waals surface area contributed by atoms with Gasteiger partial charge in [0.15, 0.2) is 5.69 Å². The molecule has 0 aromatic carbocycles. The number of hydrogen-bond donors (Lipinski definition) is 0. The molecule has 0 aliphatic carbocycles. The van der Waals surface area contributed by atoms with Crippen LogP contribution >= 0.6 is 0 Å². The van der Waals surface area contributed by atoms with E-state index in [4.69, 9.17) is 0 Å². The second kappa shape index (κ2) is 3.32. The highest BCUT2D eigenvalue weighted by Gasteiger charge is 2.20. The van der Waals surface area contributed by atoms with Crippen LogP contribution in [0.4, 0.5) is 23.2 Å². The molecule has 3 nitrogen and oxygen atoms in total. The van der Waals surface area contributed by atoms with Crippen molar-refractivity contribution < 1.29 is 22.4 Å². The maximum atomic E-state index is 12.5. The van der Waals surface area contributed by atoms with Gasteiger partial charge in [-0.05, 0) is 0 Å². The SMILES string of the molecule is O=C=Nc1c(F)c(F)nc(F)c1F. The first kappa shape index (κ1) is 9.34. The Bertz CT molecular complexity index is 374. The van der Waals surface area contributed by atoms with Crippen molar-refractivity contribution in [1.29, 1.82) is 0 Å². The van der Waals surface area contributed by atoms with Crippen molar-refractivity contribution in [3.05, 3.63) is 23.5 Å². The number of aliphatic imine (C=N–C) groups is 1. The molecule has 0 aliphatic heterocycles. The minimum atomic E-state index is -1.87. The molecular weight excluding hydrogens is 192 g/mol. The zero-order chi connectivity index (χ0) is 10.0. The Morgan fingerprint density at radius 2 is 1.54 bits per heavy atom. The van der Waals surface area contributed by atoms with Crippen LogP contribution in [0.2, 0.25) is 0 Å². The summed E-state index contributed by atoms with van der Waals surface area (Å²) in [6.07, 6.45) is 0.754. The molecule has 0 saturated carbocycles. The molecule has 0 unspecified atom stereocenters. The number of aromatic nitrogens is 1. The molecular formula is C6F4N2O. The zero-order valence-corrected chi connectivity index (χ0v) is 5.81. The van der Waals surface area contributed by atoms with Crippen LogP contribution in [-0.4, -0.2) is 11.1 Å². The van der Waals surface area contributed by atoms with Crippen molar-refractivity contribution in [1.82, 2.24) is 4.98 Å². The van der Waals surface area contributed by atoms with Crippen LogP contribution in [0.5, 0.6) is 0 Å². The summed E-state index contributed by atoms with van der Waals surface area (Å²) >= 11 is 0. The van der Waals surface area contributed by atoms with Gasteiger partial charge in [0, 0.05) is 0 Å². The Balaban J connectivity index is 3.55. The Morgan fingerprint density at radius 3 is 1.92 bits per heavy atom. The monoisotopic (exact) mass is 192 g/mol. The molecule has 7 heteroatoms. The highest BCUT2D eigenvalue weighted by Crippen LogP contribution is 2.23. The van der Waals surface area contributed by atoms with Crippen LogP contribution in [0.25, 0.3) is 0 Å². The van der Waals surface area contributed by atoms with E-state index in [2.05, 4.69) is 9.98 Å². The Morgan fingerprint density at radius 1 is 1.08 bits per heavy atom. The summed E-state index contributed by atoms with van der Waals surface area (Å²) in [5, 5.41) is 0. The van der Waals surface area contributed by atoms with Gasteiger partial charge in [-0.25, -0.2) is 4.79 Å². The number of pyridine rings is 1. The molecule has 1 aromatic heterocycles. The average molecular weight is 192 g/mol. The van der Waals surface area contributed by atoms with Gasteiger partial charge in [0.05, 0.1) is 0 Å². The highest BCUT2D eigenvalue weighted by molar-refractivity contribution is 5.49. The third-order valence-electron chi connectivity index (χ3n) is 1.13. The maximum Gasteiger partial charge on any atom is 0.254 e. The summed E-state index contributed by atoms with van der Waals surface area (Å²) in [6, 6.07) is 0. The molecule has 0 amide bonds. The van der Waals surface area contributed by atoms with Crippen LogP contribution in [-0.2, 0) is 4.79 Å². The molecule has 0 spiro atoms. The molecule has 1 rings (SSSR count). The van der Waals surface area contributed by atoms with E-state index in [1.54, 1.807) is 0 Å². The van der Waals surface area contributed by atoms with Gasteiger partial charge < -0.3 is 0 Å². The van der Waals surface area contributed by atoms with Crippen molar-refractivity contribution in [2.45, 2.75) is 0 Å².